The number of nitrogens with zero attached hydrogens (tertiary/aromatic N) is 3. The molecule has 1 saturated heterocycles. The number of rotatable bonds is 4. The second-order valence-corrected chi connectivity index (χ2v) is 5.43. The Morgan fingerprint density at radius 1 is 1.45 bits per heavy atom. The van der Waals surface area contributed by atoms with Crippen molar-refractivity contribution in [3.63, 3.8) is 0 Å². The molecule has 0 aromatic carbocycles. The number of carboxylic acids is 1. The zero-order valence-corrected chi connectivity index (χ0v) is 12.2. The van der Waals surface area contributed by atoms with Gasteiger partial charge in [-0.2, -0.15) is 5.10 Å². The molecule has 1 aromatic rings. The van der Waals surface area contributed by atoms with Gasteiger partial charge in [0.15, 0.2) is 0 Å². The van der Waals surface area contributed by atoms with Crippen LogP contribution in [0.5, 0.6) is 0 Å². The highest BCUT2D eigenvalue weighted by Gasteiger charge is 2.45. The maximum Gasteiger partial charge on any atom is 0.311 e. The van der Waals surface area contributed by atoms with Crippen LogP contribution in [0.3, 0.4) is 0 Å². The fourth-order valence-corrected chi connectivity index (χ4v) is 2.80. The predicted molar refractivity (Wildman–Crippen MR) is 73.5 cm³/mol. The molecule has 2 heterocycles. The molecule has 6 heteroatoms. The molecule has 1 atom stereocenters. The van der Waals surface area contributed by atoms with E-state index < -0.39 is 11.4 Å². The van der Waals surface area contributed by atoms with Crippen molar-refractivity contribution in [2.75, 3.05) is 13.1 Å². The van der Waals surface area contributed by atoms with Crippen molar-refractivity contribution in [3.8, 4) is 0 Å². The van der Waals surface area contributed by atoms with E-state index in [0.29, 0.717) is 31.4 Å². The molecule has 0 bridgehead atoms. The van der Waals surface area contributed by atoms with Crippen molar-refractivity contribution in [2.45, 2.75) is 33.1 Å². The monoisotopic (exact) mass is 279 g/mol. The predicted octanol–water partition coefficient (Wildman–Crippen LogP) is 1.31. The fourth-order valence-electron chi connectivity index (χ4n) is 2.80. The summed E-state index contributed by atoms with van der Waals surface area (Å²) in [5.74, 6) is -0.913. The molecule has 0 aliphatic carbocycles. The third kappa shape index (κ3) is 2.30. The number of carbonyl (C=O) groups excluding carboxylic acids is 1. The van der Waals surface area contributed by atoms with Crippen molar-refractivity contribution in [1.29, 1.82) is 0 Å². The largest absolute Gasteiger partial charge is 0.481 e. The molecule has 110 valence electrons. The van der Waals surface area contributed by atoms with E-state index in [1.807, 2.05) is 13.8 Å². The zero-order valence-electron chi connectivity index (χ0n) is 12.2. The Kier molecular flexibility index (Phi) is 3.83. The Morgan fingerprint density at radius 2 is 2.15 bits per heavy atom. The molecule has 1 unspecified atom stereocenters. The summed E-state index contributed by atoms with van der Waals surface area (Å²) < 4.78 is 1.63. The highest BCUT2D eigenvalue weighted by molar-refractivity contribution is 5.96. The Labute approximate surface area is 118 Å². The minimum absolute atomic E-state index is 0.105. The van der Waals surface area contributed by atoms with Gasteiger partial charge in [0.25, 0.3) is 5.91 Å². The summed E-state index contributed by atoms with van der Waals surface area (Å²) in [6.07, 6.45) is 3.47. The minimum Gasteiger partial charge on any atom is -0.481 e. The van der Waals surface area contributed by atoms with Crippen LogP contribution in [-0.4, -0.2) is 44.8 Å². The van der Waals surface area contributed by atoms with Gasteiger partial charge >= 0.3 is 5.97 Å². The van der Waals surface area contributed by atoms with Crippen molar-refractivity contribution < 1.29 is 14.7 Å². The Balaban J connectivity index is 2.21. The number of likely N-dealkylation sites (tertiary alicyclic amines) is 1. The number of aryl methyl sites for hydroxylation is 2. The molecule has 1 aliphatic heterocycles. The molecular formula is C14H21N3O3. The van der Waals surface area contributed by atoms with Crippen molar-refractivity contribution in [2.24, 2.45) is 12.5 Å². The third-order valence-electron chi connectivity index (χ3n) is 4.24. The molecule has 1 fully saturated rings. The van der Waals surface area contributed by atoms with Crippen LogP contribution in [-0.2, 0) is 18.3 Å². The van der Waals surface area contributed by atoms with Crippen LogP contribution in [0.15, 0.2) is 6.20 Å². The van der Waals surface area contributed by atoms with Gasteiger partial charge in [0.1, 0.15) is 0 Å². The van der Waals surface area contributed by atoms with Gasteiger partial charge in [-0.3, -0.25) is 14.3 Å². The van der Waals surface area contributed by atoms with Crippen LogP contribution in [0.25, 0.3) is 0 Å². The van der Waals surface area contributed by atoms with Gasteiger partial charge in [0.05, 0.1) is 16.7 Å². The molecular weight excluding hydrogens is 258 g/mol. The molecule has 1 N–H and O–H groups in total. The van der Waals surface area contributed by atoms with Crippen LogP contribution in [0.1, 0.15) is 42.7 Å². The van der Waals surface area contributed by atoms with E-state index in [1.165, 1.54) is 0 Å². The average molecular weight is 279 g/mol. The first kappa shape index (κ1) is 14.6. The highest BCUT2D eigenvalue weighted by Crippen LogP contribution is 2.35. The van der Waals surface area contributed by atoms with Crippen LogP contribution in [0.2, 0.25) is 0 Å². The molecule has 1 amide bonds. The summed E-state index contributed by atoms with van der Waals surface area (Å²) in [6.45, 7) is 4.60. The lowest BCUT2D eigenvalue weighted by Gasteiger charge is -2.23. The Morgan fingerprint density at radius 3 is 2.65 bits per heavy atom. The zero-order chi connectivity index (χ0) is 14.9. The normalized spacial score (nSPS) is 22.2. The maximum absolute atomic E-state index is 12.5. The number of carbonyl (C=O) groups is 2. The van der Waals surface area contributed by atoms with Crippen LogP contribution in [0, 0.1) is 5.41 Å². The van der Waals surface area contributed by atoms with E-state index in [-0.39, 0.29) is 12.5 Å². The molecule has 1 aromatic heterocycles. The van der Waals surface area contributed by atoms with Gasteiger partial charge in [0.2, 0.25) is 0 Å². The first-order valence-corrected chi connectivity index (χ1v) is 6.98. The number of aromatic nitrogens is 2. The summed E-state index contributed by atoms with van der Waals surface area (Å²) >= 11 is 0. The Bertz CT molecular complexity index is 538. The summed E-state index contributed by atoms with van der Waals surface area (Å²) in [6, 6.07) is 0. The topological polar surface area (TPSA) is 75.4 Å². The molecule has 1 aliphatic rings. The molecule has 0 saturated carbocycles. The van der Waals surface area contributed by atoms with Gasteiger partial charge in [-0.25, -0.2) is 0 Å². The number of carboxylic acid groups (broad SMARTS) is 1. The van der Waals surface area contributed by atoms with Gasteiger partial charge in [-0.1, -0.05) is 13.8 Å². The lowest BCUT2D eigenvalue weighted by atomic mass is 9.84. The summed E-state index contributed by atoms with van der Waals surface area (Å²) in [5, 5.41) is 13.7. The van der Waals surface area contributed by atoms with Crippen molar-refractivity contribution in [3.05, 3.63) is 17.5 Å². The molecule has 0 spiro atoms. The number of hydrogen-bond acceptors (Lipinski definition) is 3. The standard InChI is InChI=1S/C14H21N3O3/c1-4-11-10(8-16(3)15-11)12(18)17-7-6-14(5-2,9-17)13(19)20/h8H,4-7,9H2,1-3H3,(H,19,20). The van der Waals surface area contributed by atoms with Crippen LogP contribution in [0.4, 0.5) is 0 Å². The molecule has 2 rings (SSSR count). The minimum atomic E-state index is -0.808. The van der Waals surface area contributed by atoms with Crippen molar-refractivity contribution >= 4 is 11.9 Å². The smallest absolute Gasteiger partial charge is 0.311 e. The maximum atomic E-state index is 12.5. The lowest BCUT2D eigenvalue weighted by Crippen LogP contribution is -2.36. The summed E-state index contributed by atoms with van der Waals surface area (Å²) in [5.41, 5.74) is 0.568. The average Bonchev–Trinajstić information content (AvgIpc) is 3.02. The van der Waals surface area contributed by atoms with Gasteiger partial charge < -0.3 is 10.0 Å². The first-order valence-electron chi connectivity index (χ1n) is 6.98. The third-order valence-corrected chi connectivity index (χ3v) is 4.24. The number of hydrogen-bond donors (Lipinski definition) is 1. The molecule has 6 nitrogen and oxygen atoms in total. The summed E-state index contributed by atoms with van der Waals surface area (Å²) in [7, 11) is 1.79. The van der Waals surface area contributed by atoms with Gasteiger partial charge in [-0.05, 0) is 19.3 Å². The van der Waals surface area contributed by atoms with Crippen molar-refractivity contribution in [1.82, 2.24) is 14.7 Å². The van der Waals surface area contributed by atoms with E-state index in [4.69, 9.17) is 0 Å². The SMILES string of the molecule is CCc1nn(C)cc1C(=O)N1CCC(CC)(C(=O)O)C1. The fraction of sp³-hybridized carbons (Fsp3) is 0.643. The van der Waals surface area contributed by atoms with Gasteiger partial charge in [-0.15, -0.1) is 0 Å². The molecule has 20 heavy (non-hydrogen) atoms. The molecule has 0 radical (unpaired) electrons. The second-order valence-electron chi connectivity index (χ2n) is 5.43. The Hall–Kier alpha value is -1.85. The number of aliphatic carboxylic acids is 1. The van der Waals surface area contributed by atoms with Gasteiger partial charge in [0, 0.05) is 26.3 Å². The van der Waals surface area contributed by atoms with Crippen LogP contribution < -0.4 is 0 Å². The highest BCUT2D eigenvalue weighted by atomic mass is 16.4. The first-order chi connectivity index (χ1) is 9.43. The number of amides is 1. The quantitative estimate of drug-likeness (QED) is 0.901. The lowest BCUT2D eigenvalue weighted by molar-refractivity contribution is -0.148. The van der Waals surface area contributed by atoms with E-state index >= 15 is 0 Å². The van der Waals surface area contributed by atoms with E-state index in [9.17, 15) is 14.7 Å². The van der Waals surface area contributed by atoms with Crippen LogP contribution >= 0.6 is 0 Å². The van der Waals surface area contributed by atoms with E-state index in [0.717, 1.165) is 5.69 Å². The summed E-state index contributed by atoms with van der Waals surface area (Å²) in [4.78, 5) is 25.6. The van der Waals surface area contributed by atoms with E-state index in [2.05, 4.69) is 5.10 Å². The second kappa shape index (κ2) is 5.26. The van der Waals surface area contributed by atoms with E-state index in [1.54, 1.807) is 22.8 Å².